The second-order valence-electron chi connectivity index (χ2n) is 5.88. The predicted molar refractivity (Wildman–Crippen MR) is 92.5 cm³/mol. The van der Waals surface area contributed by atoms with E-state index >= 15 is 4.39 Å². The summed E-state index contributed by atoms with van der Waals surface area (Å²) in [5.74, 6) is -1.02. The number of aliphatic hydroxyl groups is 1. The Morgan fingerprint density at radius 1 is 1.46 bits per heavy atom. The average Bonchev–Trinajstić information content (AvgIpc) is 2.95. The summed E-state index contributed by atoms with van der Waals surface area (Å²) < 4.78 is 26.5. The van der Waals surface area contributed by atoms with Crippen LogP contribution in [0.1, 0.15) is 16.6 Å². The summed E-state index contributed by atoms with van der Waals surface area (Å²) in [5.41, 5.74) is 11.1. The largest absolute Gasteiger partial charge is 0.452 e. The van der Waals surface area contributed by atoms with Gasteiger partial charge in [0.05, 0.1) is 12.2 Å². The monoisotopic (exact) mass is 390 g/mol. The van der Waals surface area contributed by atoms with Crippen molar-refractivity contribution in [3.8, 4) is 0 Å². The van der Waals surface area contributed by atoms with E-state index in [1.165, 1.54) is 18.2 Å². The van der Waals surface area contributed by atoms with E-state index in [0.29, 0.717) is 0 Å². The highest BCUT2D eigenvalue weighted by molar-refractivity contribution is 5.89. The van der Waals surface area contributed by atoms with Gasteiger partial charge in [-0.3, -0.25) is 4.57 Å². The third-order valence-electron chi connectivity index (χ3n) is 4.14. The highest BCUT2D eigenvalue weighted by Crippen LogP contribution is 2.41. The third-order valence-corrected chi connectivity index (χ3v) is 4.14. The molecule has 0 aliphatic carbocycles. The average molecular weight is 390 g/mol. The summed E-state index contributed by atoms with van der Waals surface area (Å²) >= 11 is 0. The number of nitrogens with two attached hydrogens (primary N) is 1. The quantitative estimate of drug-likeness (QED) is 0.331. The number of aliphatic hydroxyl groups excluding tert-OH is 1. The van der Waals surface area contributed by atoms with Crippen LogP contribution in [0.3, 0.4) is 0 Å². The van der Waals surface area contributed by atoms with E-state index in [4.69, 9.17) is 20.7 Å². The number of carbonyl (C=O) groups is 1. The zero-order valence-electron chi connectivity index (χ0n) is 14.3. The Morgan fingerprint density at radius 2 is 2.18 bits per heavy atom. The first-order chi connectivity index (χ1) is 13.4. The Bertz CT molecular complexity index is 979. The number of esters is 1. The molecule has 2 aromatic rings. The molecule has 2 heterocycles. The van der Waals surface area contributed by atoms with Crippen molar-refractivity contribution < 1.29 is 23.8 Å². The molecule has 0 spiro atoms. The minimum Gasteiger partial charge on any atom is -0.452 e. The van der Waals surface area contributed by atoms with Gasteiger partial charge in [0.25, 0.3) is 0 Å². The van der Waals surface area contributed by atoms with Crippen molar-refractivity contribution in [2.75, 3.05) is 12.3 Å². The highest BCUT2D eigenvalue weighted by atomic mass is 19.1. The molecule has 0 unspecified atom stereocenters. The molecule has 28 heavy (non-hydrogen) atoms. The molecule has 3 N–H and O–H groups in total. The lowest BCUT2D eigenvalue weighted by atomic mass is 10.1. The van der Waals surface area contributed by atoms with Crippen molar-refractivity contribution in [1.29, 1.82) is 0 Å². The zero-order chi connectivity index (χ0) is 20.3. The number of aromatic nitrogens is 2. The van der Waals surface area contributed by atoms with Crippen molar-refractivity contribution in [3.05, 3.63) is 69.1 Å². The van der Waals surface area contributed by atoms with Crippen LogP contribution >= 0.6 is 0 Å². The van der Waals surface area contributed by atoms with Gasteiger partial charge in [0.15, 0.2) is 18.5 Å². The number of nitrogen functional groups attached to an aromatic ring is 1. The summed E-state index contributed by atoms with van der Waals surface area (Å²) in [7, 11) is 0. The number of nitrogens with zero attached hydrogens (tertiary/aromatic N) is 5. The normalized spacial score (nSPS) is 26.4. The van der Waals surface area contributed by atoms with Crippen LogP contribution < -0.4 is 11.4 Å². The van der Waals surface area contributed by atoms with E-state index in [1.807, 2.05) is 0 Å². The van der Waals surface area contributed by atoms with Crippen molar-refractivity contribution in [2.24, 2.45) is 5.11 Å². The minimum absolute atomic E-state index is 0.0924. The Morgan fingerprint density at radius 3 is 2.79 bits per heavy atom. The molecule has 12 heteroatoms. The third kappa shape index (κ3) is 3.39. The molecular weight excluding hydrogens is 375 g/mol. The molecule has 146 valence electrons. The maximum Gasteiger partial charge on any atom is 0.351 e. The van der Waals surface area contributed by atoms with Crippen LogP contribution in [0.25, 0.3) is 10.4 Å². The highest BCUT2D eigenvalue weighted by Gasteiger charge is 2.59. The molecule has 1 fully saturated rings. The van der Waals surface area contributed by atoms with E-state index in [2.05, 4.69) is 15.0 Å². The van der Waals surface area contributed by atoms with Crippen molar-refractivity contribution in [3.63, 3.8) is 0 Å². The van der Waals surface area contributed by atoms with Gasteiger partial charge in [0, 0.05) is 11.1 Å². The number of hydrogen-bond acceptors (Lipinski definition) is 8. The van der Waals surface area contributed by atoms with Gasteiger partial charge in [0.1, 0.15) is 5.82 Å². The number of carbonyl (C=O) groups excluding carboxylic acids is 1. The fraction of sp³-hybridized carbons (Fsp3) is 0.312. The Labute approximate surface area is 156 Å². The van der Waals surface area contributed by atoms with E-state index in [1.54, 1.807) is 18.2 Å². The summed E-state index contributed by atoms with van der Waals surface area (Å²) in [6, 6.07) is 8.92. The first-order valence-electron chi connectivity index (χ1n) is 8.01. The van der Waals surface area contributed by atoms with Crippen LogP contribution in [0.5, 0.6) is 0 Å². The maximum absolute atomic E-state index is 15.2. The molecule has 0 saturated carbocycles. The molecule has 3 rings (SSSR count). The molecule has 1 aromatic carbocycles. The number of hydrogen-bond donors (Lipinski definition) is 2. The second-order valence-corrected chi connectivity index (χ2v) is 5.88. The topological polar surface area (TPSA) is 165 Å². The summed E-state index contributed by atoms with van der Waals surface area (Å²) in [4.78, 5) is 30.4. The number of ether oxygens (including phenoxy) is 2. The first-order valence-corrected chi connectivity index (χ1v) is 8.01. The molecule has 1 saturated heterocycles. The van der Waals surface area contributed by atoms with Gasteiger partial charge in [-0.05, 0) is 23.7 Å². The van der Waals surface area contributed by atoms with Gasteiger partial charge in [0.2, 0.25) is 5.72 Å². The van der Waals surface area contributed by atoms with Crippen LogP contribution in [0, 0.1) is 0 Å². The summed E-state index contributed by atoms with van der Waals surface area (Å²) in [6.07, 6.45) is -4.53. The number of anilines is 1. The van der Waals surface area contributed by atoms with E-state index in [9.17, 15) is 14.7 Å². The van der Waals surface area contributed by atoms with Crippen LogP contribution in [0.4, 0.5) is 10.2 Å². The van der Waals surface area contributed by atoms with E-state index < -0.39 is 42.5 Å². The van der Waals surface area contributed by atoms with Crippen LogP contribution in [0.15, 0.2) is 52.5 Å². The van der Waals surface area contributed by atoms with Gasteiger partial charge in [-0.25, -0.2) is 14.0 Å². The molecule has 0 radical (unpaired) electrons. The molecule has 1 aliphatic heterocycles. The number of azide groups is 1. The SMILES string of the molecule is [N-]=[N+]=N[C@]1(CO)O[C@@H](n2ccc(N)nc2=O)[C@@H](F)[C@@H]1OC(=O)c1ccccc1. The van der Waals surface area contributed by atoms with Crippen molar-refractivity contribution >= 4 is 11.8 Å². The lowest BCUT2D eigenvalue weighted by Crippen LogP contribution is -2.46. The fourth-order valence-corrected chi connectivity index (χ4v) is 2.80. The molecular formula is C16H15FN6O5. The number of alkyl halides is 1. The van der Waals surface area contributed by atoms with E-state index in [-0.39, 0.29) is 11.4 Å². The second kappa shape index (κ2) is 7.64. The van der Waals surface area contributed by atoms with Gasteiger partial charge in [-0.15, -0.1) is 0 Å². The van der Waals surface area contributed by atoms with Gasteiger partial charge < -0.3 is 20.3 Å². The molecule has 0 amide bonds. The first kappa shape index (κ1) is 19.3. The van der Waals surface area contributed by atoms with Crippen LogP contribution in [0.2, 0.25) is 0 Å². The smallest absolute Gasteiger partial charge is 0.351 e. The van der Waals surface area contributed by atoms with Gasteiger partial charge >= 0.3 is 11.7 Å². The fourth-order valence-electron chi connectivity index (χ4n) is 2.80. The van der Waals surface area contributed by atoms with E-state index in [0.717, 1.165) is 10.8 Å². The predicted octanol–water partition coefficient (Wildman–Crippen LogP) is 0.917. The Hall–Kier alpha value is -3.47. The Kier molecular flexibility index (Phi) is 5.27. The molecule has 11 nitrogen and oxygen atoms in total. The standard InChI is InChI=1S/C16H15FN6O5/c17-11-12(27-14(25)9-4-2-1-3-5-9)16(8-24,21-22-19)28-13(11)23-7-6-10(18)20-15(23)26/h1-7,11-13,24H,8H2,(H2,18,20,26)/t11-,12-,13+,16+/m0/s1. The molecule has 1 aliphatic rings. The number of halogens is 1. The number of rotatable bonds is 5. The molecule has 0 bridgehead atoms. The lowest BCUT2D eigenvalue weighted by molar-refractivity contribution is -0.126. The molecule has 1 aromatic heterocycles. The summed E-state index contributed by atoms with van der Waals surface area (Å²) in [6.45, 7) is -1.00. The zero-order valence-corrected chi connectivity index (χ0v) is 14.3. The molecule has 4 atom stereocenters. The Balaban J connectivity index is 1.99. The van der Waals surface area contributed by atoms with Crippen molar-refractivity contribution in [2.45, 2.75) is 24.2 Å². The summed E-state index contributed by atoms with van der Waals surface area (Å²) in [5, 5.41) is 13.0. The van der Waals surface area contributed by atoms with Crippen LogP contribution in [-0.4, -0.2) is 45.2 Å². The minimum atomic E-state index is -2.27. The van der Waals surface area contributed by atoms with Crippen molar-refractivity contribution in [1.82, 2.24) is 9.55 Å². The maximum atomic E-state index is 15.2. The van der Waals surface area contributed by atoms with Gasteiger partial charge in [-0.2, -0.15) is 4.98 Å². The van der Waals surface area contributed by atoms with Gasteiger partial charge in [-0.1, -0.05) is 23.3 Å². The van der Waals surface area contributed by atoms with Crippen LogP contribution in [-0.2, 0) is 9.47 Å². The number of benzene rings is 1. The lowest BCUT2D eigenvalue weighted by Gasteiger charge is -2.27.